The van der Waals surface area contributed by atoms with E-state index in [4.69, 9.17) is 0 Å². The summed E-state index contributed by atoms with van der Waals surface area (Å²) >= 11 is 0. The highest BCUT2D eigenvalue weighted by Crippen LogP contribution is 2.63. The van der Waals surface area contributed by atoms with Crippen molar-refractivity contribution < 1.29 is 0 Å². The van der Waals surface area contributed by atoms with E-state index in [1.807, 2.05) is 0 Å². The SMILES string of the molecule is C1=CC2=C(C1)C1c3ccccc3-c3cc4c(cc3N1c1ccccc12)-c1ccccc1C1C2=C(C=CC2)c2ccccc2N41. The number of allylic oxidation sites excluding steroid dienone is 6. The number of nitrogens with zero attached hydrogens (tertiary/aromatic N) is 2. The van der Waals surface area contributed by atoms with Gasteiger partial charge in [0, 0.05) is 33.6 Å². The number of benzene rings is 5. The van der Waals surface area contributed by atoms with E-state index in [1.165, 1.54) is 89.5 Å². The first-order valence-corrected chi connectivity index (χ1v) is 15.8. The molecule has 6 aliphatic rings. The number of anilines is 4. The molecule has 2 aliphatic carbocycles. The van der Waals surface area contributed by atoms with Gasteiger partial charge < -0.3 is 9.80 Å². The minimum Gasteiger partial charge on any atom is -0.329 e. The molecule has 0 radical (unpaired) electrons. The zero-order chi connectivity index (χ0) is 28.5. The van der Waals surface area contributed by atoms with Crippen LogP contribution in [-0.2, 0) is 0 Å². The topological polar surface area (TPSA) is 6.48 Å². The quantitative estimate of drug-likeness (QED) is 0.186. The number of fused-ring (bicyclic) bond motifs is 20. The number of hydrogen-bond acceptors (Lipinski definition) is 2. The van der Waals surface area contributed by atoms with Crippen molar-refractivity contribution in [3.05, 3.63) is 167 Å². The smallest absolute Gasteiger partial charge is 0.0823 e. The van der Waals surface area contributed by atoms with Crippen LogP contribution >= 0.6 is 0 Å². The fraction of sp³-hybridized carbons (Fsp3) is 0.0952. The van der Waals surface area contributed by atoms with Gasteiger partial charge in [0.15, 0.2) is 0 Å². The minimum absolute atomic E-state index is 0.191. The van der Waals surface area contributed by atoms with E-state index in [1.54, 1.807) is 0 Å². The van der Waals surface area contributed by atoms with Crippen LogP contribution in [0, 0.1) is 0 Å². The van der Waals surface area contributed by atoms with Crippen LogP contribution in [0.25, 0.3) is 33.4 Å². The molecule has 0 aromatic heterocycles. The van der Waals surface area contributed by atoms with Gasteiger partial charge >= 0.3 is 0 Å². The van der Waals surface area contributed by atoms with Gasteiger partial charge in [-0.25, -0.2) is 0 Å². The lowest BCUT2D eigenvalue weighted by atomic mass is 9.76. The molecule has 11 rings (SSSR count). The maximum Gasteiger partial charge on any atom is 0.0823 e. The Hall–Kier alpha value is -5.34. The van der Waals surface area contributed by atoms with E-state index in [0.29, 0.717) is 0 Å². The number of hydrogen-bond donors (Lipinski definition) is 0. The van der Waals surface area contributed by atoms with Crippen LogP contribution in [0.4, 0.5) is 22.7 Å². The highest BCUT2D eigenvalue weighted by atomic mass is 15.2. The van der Waals surface area contributed by atoms with E-state index in [0.717, 1.165) is 12.8 Å². The van der Waals surface area contributed by atoms with Gasteiger partial charge in [0.1, 0.15) is 0 Å². The average molecular weight is 561 g/mol. The van der Waals surface area contributed by atoms with Crippen molar-refractivity contribution in [2.75, 3.05) is 9.80 Å². The van der Waals surface area contributed by atoms with Crippen molar-refractivity contribution >= 4 is 33.9 Å². The molecule has 4 aliphatic heterocycles. The van der Waals surface area contributed by atoms with Gasteiger partial charge in [-0.3, -0.25) is 0 Å². The standard InChI is InChI=1S/C42H28N2/c1-3-15-31-27(11-1)35-23-40-36(24-39(35)43-37-21-7-5-13-29(37)25-17-9-19-33(25)41(31)43)28-12-2-4-16-32(28)42-34-20-10-18-26(34)30-14-6-8-22-38(30)44(40)42/h1-18,21-24,41-42H,19-20H2. The Bertz CT molecular complexity index is 2100. The second-order valence-electron chi connectivity index (χ2n) is 12.7. The van der Waals surface area contributed by atoms with Crippen molar-refractivity contribution in [2.24, 2.45) is 0 Å². The van der Waals surface area contributed by atoms with E-state index in [9.17, 15) is 0 Å². The predicted molar refractivity (Wildman–Crippen MR) is 181 cm³/mol. The third-order valence-corrected chi connectivity index (χ3v) is 10.7. The maximum atomic E-state index is 2.65. The summed E-state index contributed by atoms with van der Waals surface area (Å²) in [6.07, 6.45) is 11.4. The fourth-order valence-electron chi connectivity index (χ4n) is 9.06. The monoisotopic (exact) mass is 560 g/mol. The Morgan fingerprint density at radius 3 is 1.30 bits per heavy atom. The van der Waals surface area contributed by atoms with Gasteiger partial charge in [0.05, 0.1) is 23.5 Å². The second kappa shape index (κ2) is 8.18. The summed E-state index contributed by atoms with van der Waals surface area (Å²) in [5, 5.41) is 0. The van der Waals surface area contributed by atoms with Crippen molar-refractivity contribution in [1.82, 2.24) is 0 Å². The second-order valence-corrected chi connectivity index (χ2v) is 12.7. The largest absolute Gasteiger partial charge is 0.329 e. The molecule has 206 valence electrons. The molecule has 2 unspecified atom stereocenters. The first-order chi connectivity index (χ1) is 21.9. The van der Waals surface area contributed by atoms with Crippen LogP contribution in [0.3, 0.4) is 0 Å². The summed E-state index contributed by atoms with van der Waals surface area (Å²) in [5.41, 5.74) is 21.9. The number of rotatable bonds is 0. The van der Waals surface area contributed by atoms with Crippen LogP contribution in [0.5, 0.6) is 0 Å². The molecule has 0 amide bonds. The van der Waals surface area contributed by atoms with Gasteiger partial charge in [-0.05, 0) is 81.7 Å². The van der Waals surface area contributed by atoms with Gasteiger partial charge in [0.2, 0.25) is 0 Å². The maximum absolute atomic E-state index is 2.65. The molecular weight excluding hydrogens is 532 g/mol. The molecular formula is C42H28N2. The molecule has 2 atom stereocenters. The summed E-state index contributed by atoms with van der Waals surface area (Å²) in [7, 11) is 0. The molecule has 5 aromatic rings. The zero-order valence-corrected chi connectivity index (χ0v) is 24.2. The van der Waals surface area contributed by atoms with Gasteiger partial charge in [-0.2, -0.15) is 0 Å². The van der Waals surface area contributed by atoms with Crippen LogP contribution in [0.1, 0.15) is 47.2 Å². The average Bonchev–Trinajstić information content (AvgIpc) is 3.78. The van der Waals surface area contributed by atoms with Gasteiger partial charge in [-0.1, -0.05) is 109 Å². The summed E-state index contributed by atoms with van der Waals surface area (Å²) in [6, 6.07) is 41.7. The highest BCUT2D eigenvalue weighted by Gasteiger charge is 2.44. The Morgan fingerprint density at radius 2 is 0.818 bits per heavy atom. The molecule has 2 nitrogen and oxygen atoms in total. The molecule has 4 heterocycles. The van der Waals surface area contributed by atoms with Gasteiger partial charge in [-0.15, -0.1) is 0 Å². The lowest BCUT2D eigenvalue weighted by molar-refractivity contribution is 0.762. The van der Waals surface area contributed by atoms with Crippen LogP contribution in [0.15, 0.2) is 145 Å². The van der Waals surface area contributed by atoms with Crippen molar-refractivity contribution in [3.8, 4) is 22.3 Å². The Kier molecular flexibility index (Phi) is 4.31. The summed E-state index contributed by atoms with van der Waals surface area (Å²) in [5.74, 6) is 0. The zero-order valence-electron chi connectivity index (χ0n) is 24.2. The van der Waals surface area contributed by atoms with E-state index < -0.39 is 0 Å². The van der Waals surface area contributed by atoms with E-state index in [-0.39, 0.29) is 12.1 Å². The van der Waals surface area contributed by atoms with E-state index >= 15 is 0 Å². The summed E-state index contributed by atoms with van der Waals surface area (Å²) < 4.78 is 0. The van der Waals surface area contributed by atoms with Crippen molar-refractivity contribution in [2.45, 2.75) is 24.9 Å². The normalized spacial score (nSPS) is 20.5. The van der Waals surface area contributed by atoms with Crippen LogP contribution in [0.2, 0.25) is 0 Å². The molecule has 2 heteroatoms. The molecule has 44 heavy (non-hydrogen) atoms. The third kappa shape index (κ3) is 2.73. The Balaban J connectivity index is 1.24. The summed E-state index contributed by atoms with van der Waals surface area (Å²) in [4.78, 5) is 5.30. The first-order valence-electron chi connectivity index (χ1n) is 15.8. The fourth-order valence-corrected chi connectivity index (χ4v) is 9.06. The van der Waals surface area contributed by atoms with Crippen LogP contribution in [-0.4, -0.2) is 0 Å². The van der Waals surface area contributed by atoms with Gasteiger partial charge in [0.25, 0.3) is 0 Å². The third-order valence-electron chi connectivity index (χ3n) is 10.7. The molecule has 0 saturated carbocycles. The molecule has 0 bridgehead atoms. The first kappa shape index (κ1) is 23.2. The molecule has 0 spiro atoms. The lowest BCUT2D eigenvalue weighted by Gasteiger charge is -2.48. The molecule has 5 aromatic carbocycles. The predicted octanol–water partition coefficient (Wildman–Crippen LogP) is 10.9. The Labute approximate surface area is 257 Å². The lowest BCUT2D eigenvalue weighted by Crippen LogP contribution is -2.34. The number of para-hydroxylation sites is 2. The highest BCUT2D eigenvalue weighted by molar-refractivity contribution is 6.05. The van der Waals surface area contributed by atoms with Crippen LogP contribution < -0.4 is 9.80 Å². The molecule has 0 saturated heterocycles. The van der Waals surface area contributed by atoms with Crippen molar-refractivity contribution in [3.63, 3.8) is 0 Å². The van der Waals surface area contributed by atoms with Crippen molar-refractivity contribution in [1.29, 1.82) is 0 Å². The van der Waals surface area contributed by atoms with E-state index in [2.05, 4.69) is 143 Å². The summed E-state index contributed by atoms with van der Waals surface area (Å²) in [6.45, 7) is 0. The molecule has 0 N–H and O–H groups in total. The Morgan fingerprint density at radius 1 is 0.409 bits per heavy atom. The molecule has 0 fully saturated rings. The minimum atomic E-state index is 0.191.